The van der Waals surface area contributed by atoms with Crippen LogP contribution < -0.4 is 10.1 Å². The molecule has 0 fully saturated rings. The molecule has 0 saturated carbocycles. The second-order valence-electron chi connectivity index (χ2n) is 5.92. The molecule has 0 atom stereocenters. The van der Waals surface area contributed by atoms with Gasteiger partial charge in [-0.05, 0) is 55.8 Å². The van der Waals surface area contributed by atoms with Gasteiger partial charge in [-0.1, -0.05) is 0 Å². The van der Waals surface area contributed by atoms with Crippen LogP contribution >= 0.6 is 0 Å². The highest BCUT2D eigenvalue weighted by Crippen LogP contribution is 2.21. The van der Waals surface area contributed by atoms with Crippen LogP contribution in [0, 0.1) is 19.7 Å². The molecule has 7 heteroatoms. The first-order chi connectivity index (χ1) is 12.5. The summed E-state index contributed by atoms with van der Waals surface area (Å²) in [5.74, 6) is -0.120. The van der Waals surface area contributed by atoms with Crippen molar-refractivity contribution in [1.29, 1.82) is 0 Å². The van der Waals surface area contributed by atoms with Gasteiger partial charge in [0.2, 0.25) is 5.88 Å². The Morgan fingerprint density at radius 1 is 1.23 bits per heavy atom. The van der Waals surface area contributed by atoms with Crippen molar-refractivity contribution in [2.24, 2.45) is 0 Å². The van der Waals surface area contributed by atoms with Crippen molar-refractivity contribution in [2.45, 2.75) is 20.4 Å². The molecule has 2 N–H and O–H groups in total. The zero-order chi connectivity index (χ0) is 18.7. The van der Waals surface area contributed by atoms with Gasteiger partial charge in [0.25, 0.3) is 5.91 Å². The van der Waals surface area contributed by atoms with E-state index >= 15 is 0 Å². The number of methoxy groups -OCH3 is 1. The zero-order valence-electron chi connectivity index (χ0n) is 14.8. The molecule has 26 heavy (non-hydrogen) atoms. The molecule has 1 amide bonds. The lowest BCUT2D eigenvalue weighted by atomic mass is 10.1. The molecule has 1 aromatic carbocycles. The number of carbonyl (C=O) groups is 1. The second kappa shape index (κ2) is 7.35. The number of halogens is 1. The minimum atomic E-state index is -0.321. The third-order valence-electron chi connectivity index (χ3n) is 4.02. The Morgan fingerprint density at radius 3 is 2.65 bits per heavy atom. The molecule has 2 aromatic heterocycles. The Kier molecular flexibility index (Phi) is 4.97. The molecule has 3 rings (SSSR count). The van der Waals surface area contributed by atoms with E-state index in [1.54, 1.807) is 25.3 Å². The predicted molar refractivity (Wildman–Crippen MR) is 95.4 cm³/mol. The highest BCUT2D eigenvalue weighted by molar-refractivity contribution is 5.93. The van der Waals surface area contributed by atoms with Gasteiger partial charge in [0, 0.05) is 23.4 Å². The largest absolute Gasteiger partial charge is 0.481 e. The van der Waals surface area contributed by atoms with Crippen LogP contribution in [0.5, 0.6) is 5.88 Å². The molecule has 2 heterocycles. The molecule has 0 saturated heterocycles. The SMILES string of the molecule is COc1nc(C)cc(C)c1CNC(=O)c1cc(-c2ccc(F)cc2)n[nH]1. The summed E-state index contributed by atoms with van der Waals surface area (Å²) in [7, 11) is 1.55. The lowest BCUT2D eigenvalue weighted by molar-refractivity contribution is 0.0945. The Bertz CT molecular complexity index is 935. The summed E-state index contributed by atoms with van der Waals surface area (Å²) in [4.78, 5) is 16.7. The van der Waals surface area contributed by atoms with E-state index in [1.165, 1.54) is 12.1 Å². The summed E-state index contributed by atoms with van der Waals surface area (Å²) in [6, 6.07) is 9.48. The van der Waals surface area contributed by atoms with E-state index in [0.717, 1.165) is 22.4 Å². The quantitative estimate of drug-likeness (QED) is 0.738. The van der Waals surface area contributed by atoms with E-state index in [9.17, 15) is 9.18 Å². The summed E-state index contributed by atoms with van der Waals surface area (Å²) >= 11 is 0. The second-order valence-corrected chi connectivity index (χ2v) is 5.92. The van der Waals surface area contributed by atoms with Crippen LogP contribution in [-0.4, -0.2) is 28.2 Å². The van der Waals surface area contributed by atoms with Gasteiger partial charge in [-0.2, -0.15) is 5.10 Å². The van der Waals surface area contributed by atoms with Gasteiger partial charge in [0.05, 0.1) is 12.8 Å². The van der Waals surface area contributed by atoms with Gasteiger partial charge in [0.1, 0.15) is 11.5 Å². The Morgan fingerprint density at radius 2 is 1.96 bits per heavy atom. The highest BCUT2D eigenvalue weighted by Gasteiger charge is 2.14. The molecular formula is C19H19FN4O2. The summed E-state index contributed by atoms with van der Waals surface area (Å²) in [6.07, 6.45) is 0. The summed E-state index contributed by atoms with van der Waals surface area (Å²) < 4.78 is 18.3. The van der Waals surface area contributed by atoms with Crippen LogP contribution in [0.15, 0.2) is 36.4 Å². The number of nitrogens with zero attached hydrogens (tertiary/aromatic N) is 2. The Labute approximate surface area is 150 Å². The van der Waals surface area contributed by atoms with E-state index in [4.69, 9.17) is 4.74 Å². The Balaban J connectivity index is 1.73. The maximum atomic E-state index is 13.0. The van der Waals surface area contributed by atoms with Crippen molar-refractivity contribution in [3.63, 3.8) is 0 Å². The van der Waals surface area contributed by atoms with Crippen molar-refractivity contribution in [2.75, 3.05) is 7.11 Å². The number of amides is 1. The van der Waals surface area contributed by atoms with Gasteiger partial charge in [-0.15, -0.1) is 0 Å². The number of ether oxygens (including phenoxy) is 1. The number of carbonyl (C=O) groups excluding carboxylic acids is 1. The number of aromatic amines is 1. The average Bonchev–Trinajstić information content (AvgIpc) is 3.11. The van der Waals surface area contributed by atoms with Gasteiger partial charge >= 0.3 is 0 Å². The van der Waals surface area contributed by atoms with Gasteiger partial charge in [-0.3, -0.25) is 9.89 Å². The van der Waals surface area contributed by atoms with Gasteiger partial charge in [-0.25, -0.2) is 9.37 Å². The summed E-state index contributed by atoms with van der Waals surface area (Å²) in [6.45, 7) is 4.12. The van der Waals surface area contributed by atoms with Gasteiger partial charge in [0.15, 0.2) is 0 Å². The van der Waals surface area contributed by atoms with Crippen molar-refractivity contribution >= 4 is 5.91 Å². The van der Waals surface area contributed by atoms with Crippen LogP contribution in [0.3, 0.4) is 0 Å². The van der Waals surface area contributed by atoms with Crippen LogP contribution in [-0.2, 0) is 6.54 Å². The van der Waals surface area contributed by atoms with E-state index in [-0.39, 0.29) is 18.3 Å². The number of aromatic nitrogens is 3. The molecular weight excluding hydrogens is 335 g/mol. The normalized spacial score (nSPS) is 10.6. The standard InChI is InChI=1S/C19H19FN4O2/c1-11-8-12(2)22-19(26-3)15(11)10-21-18(25)17-9-16(23-24-17)13-4-6-14(20)7-5-13/h4-9H,10H2,1-3H3,(H,21,25)(H,23,24). The van der Waals surface area contributed by atoms with Crippen molar-refractivity contribution in [3.8, 4) is 17.1 Å². The molecule has 0 unspecified atom stereocenters. The first kappa shape index (κ1) is 17.6. The van der Waals surface area contributed by atoms with Gasteiger partial charge < -0.3 is 10.1 Å². The number of hydrogen-bond donors (Lipinski definition) is 2. The molecule has 0 bridgehead atoms. The van der Waals surface area contributed by atoms with Crippen LogP contribution in [0.1, 0.15) is 27.3 Å². The average molecular weight is 354 g/mol. The first-order valence-corrected chi connectivity index (χ1v) is 8.08. The predicted octanol–water partition coefficient (Wildman–Crippen LogP) is 3.17. The summed E-state index contributed by atoms with van der Waals surface area (Å²) in [5, 5.41) is 9.65. The van der Waals surface area contributed by atoms with Crippen molar-refractivity contribution in [3.05, 3.63) is 64.7 Å². The smallest absolute Gasteiger partial charge is 0.269 e. The minimum absolute atomic E-state index is 0.284. The van der Waals surface area contributed by atoms with E-state index < -0.39 is 0 Å². The first-order valence-electron chi connectivity index (χ1n) is 8.08. The maximum Gasteiger partial charge on any atom is 0.269 e. The number of aryl methyl sites for hydroxylation is 2. The fraction of sp³-hybridized carbons (Fsp3) is 0.211. The molecule has 0 aliphatic carbocycles. The van der Waals surface area contributed by atoms with E-state index in [0.29, 0.717) is 17.3 Å². The topological polar surface area (TPSA) is 79.9 Å². The number of nitrogens with one attached hydrogen (secondary N) is 2. The minimum Gasteiger partial charge on any atom is -0.481 e. The number of benzene rings is 1. The molecule has 0 aliphatic rings. The Hall–Kier alpha value is -3.22. The number of H-pyrrole nitrogens is 1. The highest BCUT2D eigenvalue weighted by atomic mass is 19.1. The maximum absolute atomic E-state index is 13.0. The zero-order valence-corrected chi connectivity index (χ0v) is 14.8. The third-order valence-corrected chi connectivity index (χ3v) is 4.02. The van der Waals surface area contributed by atoms with Crippen molar-refractivity contribution in [1.82, 2.24) is 20.5 Å². The summed E-state index contributed by atoms with van der Waals surface area (Å²) in [5.41, 5.74) is 4.28. The molecule has 6 nitrogen and oxygen atoms in total. The van der Waals surface area contributed by atoms with E-state index in [1.807, 2.05) is 19.9 Å². The fourth-order valence-corrected chi connectivity index (χ4v) is 2.68. The van der Waals surface area contributed by atoms with E-state index in [2.05, 4.69) is 20.5 Å². The molecule has 0 spiro atoms. The molecule has 3 aromatic rings. The lowest BCUT2D eigenvalue weighted by Crippen LogP contribution is -2.24. The number of hydrogen-bond acceptors (Lipinski definition) is 4. The molecule has 0 aliphatic heterocycles. The van der Waals surface area contributed by atoms with Crippen LogP contribution in [0.4, 0.5) is 4.39 Å². The third kappa shape index (κ3) is 3.72. The monoisotopic (exact) mass is 354 g/mol. The lowest BCUT2D eigenvalue weighted by Gasteiger charge is -2.12. The molecule has 134 valence electrons. The van der Waals surface area contributed by atoms with Crippen LogP contribution in [0.25, 0.3) is 11.3 Å². The number of rotatable bonds is 5. The van der Waals surface area contributed by atoms with Crippen LogP contribution in [0.2, 0.25) is 0 Å². The fourth-order valence-electron chi connectivity index (χ4n) is 2.68. The van der Waals surface area contributed by atoms with Crippen molar-refractivity contribution < 1.29 is 13.9 Å². The number of pyridine rings is 1. The molecule has 0 radical (unpaired) electrons.